The number of hydrogen-bond donors (Lipinski definition) is 1. The fourth-order valence-corrected chi connectivity index (χ4v) is 5.89. The fraction of sp³-hybridized carbons (Fsp3) is 0.688. The number of carbonyl (C=O) groups is 1. The van der Waals surface area contributed by atoms with Gasteiger partial charge in [-0.25, -0.2) is 8.42 Å². The van der Waals surface area contributed by atoms with E-state index in [0.717, 1.165) is 22.6 Å². The molecule has 1 fully saturated rings. The highest BCUT2D eigenvalue weighted by molar-refractivity contribution is 7.89. The van der Waals surface area contributed by atoms with Crippen LogP contribution in [0.4, 0.5) is 0 Å². The maximum absolute atomic E-state index is 12.7. The first-order chi connectivity index (χ1) is 10.9. The van der Waals surface area contributed by atoms with Crippen LogP contribution in [0.25, 0.3) is 0 Å². The Kier molecular flexibility index (Phi) is 6.22. The number of aryl methyl sites for hydroxylation is 2. The van der Waals surface area contributed by atoms with Crippen molar-refractivity contribution in [3.63, 3.8) is 0 Å². The molecule has 7 heteroatoms. The highest BCUT2D eigenvalue weighted by Gasteiger charge is 2.33. The predicted octanol–water partition coefficient (Wildman–Crippen LogP) is 2.68. The van der Waals surface area contributed by atoms with Crippen LogP contribution in [0.2, 0.25) is 0 Å². The van der Waals surface area contributed by atoms with E-state index in [1.165, 1.54) is 15.6 Å². The molecule has 0 saturated carbocycles. The SMILES string of the molecule is CCCCNC(=O)C1CCN(S(=O)(=O)c2cc(C)sc2C)CC1. The van der Waals surface area contributed by atoms with Gasteiger partial charge in [0.2, 0.25) is 15.9 Å². The third kappa shape index (κ3) is 4.33. The number of amides is 1. The zero-order valence-electron chi connectivity index (χ0n) is 14.1. The predicted molar refractivity (Wildman–Crippen MR) is 93.2 cm³/mol. The average molecular weight is 359 g/mol. The normalized spacial score (nSPS) is 17.3. The molecule has 1 aliphatic heterocycles. The highest BCUT2D eigenvalue weighted by Crippen LogP contribution is 2.30. The molecule has 0 spiro atoms. The van der Waals surface area contributed by atoms with Crippen molar-refractivity contribution in [1.29, 1.82) is 0 Å². The molecule has 1 aromatic rings. The van der Waals surface area contributed by atoms with E-state index in [1.54, 1.807) is 6.07 Å². The van der Waals surface area contributed by atoms with Crippen LogP contribution < -0.4 is 5.32 Å². The first-order valence-corrected chi connectivity index (χ1v) is 10.5. The summed E-state index contributed by atoms with van der Waals surface area (Å²) in [6.07, 6.45) is 3.23. The number of rotatable bonds is 6. The molecule has 1 aromatic heterocycles. The fourth-order valence-electron chi connectivity index (χ4n) is 2.89. The van der Waals surface area contributed by atoms with Crippen LogP contribution >= 0.6 is 11.3 Å². The van der Waals surface area contributed by atoms with Crippen molar-refractivity contribution in [3.8, 4) is 0 Å². The lowest BCUT2D eigenvalue weighted by molar-refractivity contribution is -0.126. The molecule has 23 heavy (non-hydrogen) atoms. The number of unbranched alkanes of at least 4 members (excludes halogenated alkanes) is 1. The molecule has 0 unspecified atom stereocenters. The molecule has 1 N–H and O–H groups in total. The average Bonchev–Trinajstić information content (AvgIpc) is 2.87. The number of hydrogen-bond acceptors (Lipinski definition) is 4. The zero-order chi connectivity index (χ0) is 17.0. The van der Waals surface area contributed by atoms with Gasteiger partial charge in [0, 0.05) is 35.3 Å². The Balaban J connectivity index is 1.96. The Morgan fingerprint density at radius 3 is 2.52 bits per heavy atom. The standard InChI is InChI=1S/C16H26N2O3S2/c1-4-5-8-17-16(19)14-6-9-18(10-7-14)23(20,21)15-11-12(2)22-13(15)3/h11,14H,4-10H2,1-3H3,(H,17,19). The molecule has 1 amide bonds. The zero-order valence-corrected chi connectivity index (χ0v) is 15.7. The minimum atomic E-state index is -3.43. The summed E-state index contributed by atoms with van der Waals surface area (Å²) in [6, 6.07) is 1.75. The van der Waals surface area contributed by atoms with Crippen LogP contribution in [0.1, 0.15) is 42.4 Å². The molecule has 0 atom stereocenters. The van der Waals surface area contributed by atoms with Crippen LogP contribution in [0.5, 0.6) is 0 Å². The van der Waals surface area contributed by atoms with E-state index in [-0.39, 0.29) is 11.8 Å². The van der Waals surface area contributed by atoms with Gasteiger partial charge in [-0.15, -0.1) is 11.3 Å². The van der Waals surface area contributed by atoms with Crippen molar-refractivity contribution in [2.45, 2.75) is 51.3 Å². The summed E-state index contributed by atoms with van der Waals surface area (Å²) in [4.78, 5) is 14.3. The molecule has 0 radical (unpaired) electrons. The summed E-state index contributed by atoms with van der Waals surface area (Å²) >= 11 is 1.51. The topological polar surface area (TPSA) is 66.5 Å². The summed E-state index contributed by atoms with van der Waals surface area (Å²) in [5.41, 5.74) is 0. The first kappa shape index (κ1) is 18.4. The molecule has 0 aliphatic carbocycles. The van der Waals surface area contributed by atoms with Crippen LogP contribution in [0.15, 0.2) is 11.0 Å². The number of nitrogens with zero attached hydrogens (tertiary/aromatic N) is 1. The van der Waals surface area contributed by atoms with Gasteiger partial charge in [0.05, 0.1) is 4.90 Å². The summed E-state index contributed by atoms with van der Waals surface area (Å²) < 4.78 is 27.0. The Morgan fingerprint density at radius 2 is 2.00 bits per heavy atom. The van der Waals surface area contributed by atoms with Crippen molar-refractivity contribution in [1.82, 2.24) is 9.62 Å². The highest BCUT2D eigenvalue weighted by atomic mass is 32.2. The van der Waals surface area contributed by atoms with E-state index in [9.17, 15) is 13.2 Å². The minimum absolute atomic E-state index is 0.0661. The Bertz CT molecular complexity index is 644. The van der Waals surface area contributed by atoms with Crippen molar-refractivity contribution in [3.05, 3.63) is 15.8 Å². The van der Waals surface area contributed by atoms with Crippen molar-refractivity contribution >= 4 is 27.3 Å². The number of nitrogens with one attached hydrogen (secondary N) is 1. The van der Waals surface area contributed by atoms with E-state index in [1.807, 2.05) is 13.8 Å². The summed E-state index contributed by atoms with van der Waals surface area (Å²) in [5.74, 6) is 0.00155. The van der Waals surface area contributed by atoms with E-state index in [0.29, 0.717) is 37.4 Å². The second-order valence-corrected chi connectivity index (χ2v) is 9.47. The lowest BCUT2D eigenvalue weighted by atomic mass is 9.97. The van der Waals surface area contributed by atoms with Crippen LogP contribution in [0, 0.1) is 19.8 Å². The number of piperidine rings is 1. The third-order valence-electron chi connectivity index (χ3n) is 4.27. The van der Waals surface area contributed by atoms with Crippen LogP contribution in [-0.2, 0) is 14.8 Å². The summed E-state index contributed by atoms with van der Waals surface area (Å²) in [6.45, 7) is 7.40. The van der Waals surface area contributed by atoms with E-state index in [4.69, 9.17) is 0 Å². The van der Waals surface area contributed by atoms with Gasteiger partial charge in [-0.1, -0.05) is 13.3 Å². The van der Waals surface area contributed by atoms with Crippen molar-refractivity contribution in [2.75, 3.05) is 19.6 Å². The Labute approximate surface area is 143 Å². The van der Waals surface area contributed by atoms with Gasteiger partial charge in [0.15, 0.2) is 0 Å². The molecule has 0 bridgehead atoms. The van der Waals surface area contributed by atoms with E-state index >= 15 is 0 Å². The molecule has 1 aliphatic rings. The van der Waals surface area contributed by atoms with Crippen LogP contribution in [0.3, 0.4) is 0 Å². The van der Waals surface area contributed by atoms with E-state index < -0.39 is 10.0 Å². The number of thiophene rings is 1. The monoisotopic (exact) mass is 358 g/mol. The molecule has 0 aromatic carbocycles. The smallest absolute Gasteiger partial charge is 0.244 e. The third-order valence-corrected chi connectivity index (χ3v) is 7.39. The number of sulfonamides is 1. The number of carbonyl (C=O) groups excluding carboxylic acids is 1. The Morgan fingerprint density at radius 1 is 1.35 bits per heavy atom. The molecular weight excluding hydrogens is 332 g/mol. The van der Waals surface area contributed by atoms with Gasteiger partial charge in [-0.3, -0.25) is 4.79 Å². The van der Waals surface area contributed by atoms with Crippen molar-refractivity contribution < 1.29 is 13.2 Å². The second-order valence-electron chi connectivity index (χ2n) is 6.10. The van der Waals surface area contributed by atoms with Gasteiger partial charge >= 0.3 is 0 Å². The van der Waals surface area contributed by atoms with Gasteiger partial charge in [-0.05, 0) is 39.2 Å². The molecule has 1 saturated heterocycles. The molecule has 2 rings (SSSR count). The van der Waals surface area contributed by atoms with Gasteiger partial charge in [-0.2, -0.15) is 4.31 Å². The largest absolute Gasteiger partial charge is 0.356 e. The van der Waals surface area contributed by atoms with Gasteiger partial charge < -0.3 is 5.32 Å². The molecular formula is C16H26N2O3S2. The quantitative estimate of drug-likeness (QED) is 0.795. The second kappa shape index (κ2) is 7.77. The summed E-state index contributed by atoms with van der Waals surface area (Å²) in [5, 5.41) is 2.95. The van der Waals surface area contributed by atoms with Gasteiger partial charge in [0.25, 0.3) is 0 Å². The maximum Gasteiger partial charge on any atom is 0.244 e. The van der Waals surface area contributed by atoms with Gasteiger partial charge in [0.1, 0.15) is 0 Å². The summed E-state index contributed by atoms with van der Waals surface area (Å²) in [7, 11) is -3.43. The van der Waals surface area contributed by atoms with E-state index in [2.05, 4.69) is 12.2 Å². The molecule has 2 heterocycles. The Hall–Kier alpha value is -0.920. The van der Waals surface area contributed by atoms with Crippen LogP contribution in [-0.4, -0.2) is 38.3 Å². The maximum atomic E-state index is 12.7. The first-order valence-electron chi connectivity index (χ1n) is 8.21. The lowest BCUT2D eigenvalue weighted by Gasteiger charge is -2.30. The van der Waals surface area contributed by atoms with Crippen molar-refractivity contribution in [2.24, 2.45) is 5.92 Å². The molecule has 5 nitrogen and oxygen atoms in total. The lowest BCUT2D eigenvalue weighted by Crippen LogP contribution is -2.43. The molecule has 130 valence electrons. The minimum Gasteiger partial charge on any atom is -0.356 e.